The van der Waals surface area contributed by atoms with Gasteiger partial charge in [0.05, 0.1) is 11.6 Å². The number of hydrogen-bond donors (Lipinski definition) is 0. The normalized spacial score (nSPS) is 20.0. The first-order valence-corrected chi connectivity index (χ1v) is 13.3. The number of carbonyl (C=O) groups is 3. The van der Waals surface area contributed by atoms with Crippen LogP contribution in [-0.4, -0.2) is 78.9 Å². The molecule has 2 unspecified atom stereocenters. The van der Waals surface area contributed by atoms with Gasteiger partial charge in [0.1, 0.15) is 5.82 Å². The molecule has 0 radical (unpaired) electrons. The number of carbonyl (C=O) groups excluding carboxylic acids is 3. The third-order valence-corrected chi connectivity index (χ3v) is 8.05. The van der Waals surface area contributed by atoms with E-state index in [-0.39, 0.29) is 35.9 Å². The van der Waals surface area contributed by atoms with Crippen LogP contribution in [0, 0.1) is 18.7 Å². The zero-order chi connectivity index (χ0) is 29.4. The molecule has 7 nitrogen and oxygen atoms in total. The number of likely N-dealkylation sites (N-methyl/N-ethyl adjacent to an activating group) is 1. The summed E-state index contributed by atoms with van der Waals surface area (Å²) in [5.74, 6) is -1.07. The molecule has 4 amide bonds. The van der Waals surface area contributed by atoms with Crippen molar-refractivity contribution in [3.63, 3.8) is 0 Å². The number of likely N-dealkylation sites (tertiary alicyclic amines) is 2. The first kappa shape index (κ1) is 29.4. The van der Waals surface area contributed by atoms with E-state index in [1.54, 1.807) is 29.0 Å². The molecule has 0 saturated carbocycles. The highest BCUT2D eigenvalue weighted by Crippen LogP contribution is 2.35. The Labute approximate surface area is 231 Å². The van der Waals surface area contributed by atoms with Crippen molar-refractivity contribution in [2.24, 2.45) is 5.92 Å². The van der Waals surface area contributed by atoms with E-state index in [1.165, 1.54) is 48.9 Å². The SMILES string of the molecule is CC(=O)N1CCC(C(=O)N2CC(c3ccc(F)cc3)C(N(C)C(=O)N(C)c3cc(C)cc(C(F)(F)F)c3)C2)CC1. The van der Waals surface area contributed by atoms with Crippen molar-refractivity contribution in [2.45, 2.75) is 44.8 Å². The molecule has 0 aromatic heterocycles. The number of rotatable bonds is 4. The summed E-state index contributed by atoms with van der Waals surface area (Å²) in [6.07, 6.45) is -3.46. The third-order valence-electron chi connectivity index (χ3n) is 8.05. The minimum atomic E-state index is -4.56. The number of amides is 4. The van der Waals surface area contributed by atoms with Crippen LogP contribution in [0.3, 0.4) is 0 Å². The number of piperidine rings is 1. The van der Waals surface area contributed by atoms with Crippen LogP contribution in [0.5, 0.6) is 0 Å². The molecule has 2 aromatic carbocycles. The molecule has 11 heteroatoms. The molecule has 2 aliphatic heterocycles. The molecular weight excluding hydrogens is 528 g/mol. The fraction of sp³-hybridized carbons (Fsp3) is 0.483. The lowest BCUT2D eigenvalue weighted by atomic mass is 9.93. The second-order valence-electron chi connectivity index (χ2n) is 10.8. The van der Waals surface area contributed by atoms with Crippen molar-refractivity contribution in [1.29, 1.82) is 0 Å². The number of halogens is 4. The fourth-order valence-electron chi connectivity index (χ4n) is 5.71. The van der Waals surface area contributed by atoms with E-state index in [1.807, 2.05) is 0 Å². The molecule has 2 fully saturated rings. The Morgan fingerprint density at radius 3 is 2.12 bits per heavy atom. The number of aryl methyl sites for hydroxylation is 1. The standard InChI is InChI=1S/C29H34F4N4O3/c1-18-13-22(29(31,32)33)15-24(14-18)34(3)28(40)35(4)26-17-37(16-25(26)20-5-7-23(30)8-6-20)27(39)21-9-11-36(12-10-21)19(2)38/h5-8,13-15,21,25-26H,9-12,16-17H2,1-4H3. The van der Waals surface area contributed by atoms with E-state index >= 15 is 0 Å². The van der Waals surface area contributed by atoms with Gasteiger partial charge in [0, 0.05) is 64.7 Å². The lowest BCUT2D eigenvalue weighted by Gasteiger charge is -2.33. The highest BCUT2D eigenvalue weighted by molar-refractivity contribution is 5.92. The Hall–Kier alpha value is -3.63. The Morgan fingerprint density at radius 1 is 0.925 bits per heavy atom. The van der Waals surface area contributed by atoms with Crippen molar-refractivity contribution < 1.29 is 31.9 Å². The van der Waals surface area contributed by atoms with Crippen LogP contribution >= 0.6 is 0 Å². The van der Waals surface area contributed by atoms with Crippen molar-refractivity contribution in [1.82, 2.24) is 14.7 Å². The summed E-state index contributed by atoms with van der Waals surface area (Å²) >= 11 is 0. The number of urea groups is 1. The van der Waals surface area contributed by atoms with E-state index in [0.717, 1.165) is 17.7 Å². The number of benzene rings is 2. The van der Waals surface area contributed by atoms with Crippen molar-refractivity contribution >= 4 is 23.5 Å². The topological polar surface area (TPSA) is 64.2 Å². The van der Waals surface area contributed by atoms with E-state index in [0.29, 0.717) is 38.0 Å². The summed E-state index contributed by atoms with van der Waals surface area (Å²) in [6, 6.07) is 8.37. The van der Waals surface area contributed by atoms with E-state index in [9.17, 15) is 31.9 Å². The zero-order valence-electron chi connectivity index (χ0n) is 23.0. The lowest BCUT2D eigenvalue weighted by molar-refractivity contribution is -0.139. The monoisotopic (exact) mass is 562 g/mol. The summed E-state index contributed by atoms with van der Waals surface area (Å²) in [6.45, 7) is 4.59. The molecule has 4 rings (SSSR count). The van der Waals surface area contributed by atoms with Crippen molar-refractivity contribution in [3.05, 3.63) is 65.0 Å². The van der Waals surface area contributed by atoms with E-state index in [4.69, 9.17) is 0 Å². The maximum absolute atomic E-state index is 13.7. The Bertz CT molecular complexity index is 1260. The first-order chi connectivity index (χ1) is 18.8. The minimum Gasteiger partial charge on any atom is -0.343 e. The number of alkyl halides is 3. The molecular formula is C29H34F4N4O3. The maximum Gasteiger partial charge on any atom is 0.416 e. The average Bonchev–Trinajstić information content (AvgIpc) is 3.36. The molecule has 2 heterocycles. The summed E-state index contributed by atoms with van der Waals surface area (Å²) in [7, 11) is 2.99. The third kappa shape index (κ3) is 6.23. The fourth-order valence-corrected chi connectivity index (χ4v) is 5.71. The molecule has 0 bridgehead atoms. The number of hydrogen-bond acceptors (Lipinski definition) is 3. The van der Waals surface area contributed by atoms with Crippen LogP contribution in [0.15, 0.2) is 42.5 Å². The summed E-state index contributed by atoms with van der Waals surface area (Å²) in [5.41, 5.74) is 0.378. The van der Waals surface area contributed by atoms with Crippen LogP contribution in [0.4, 0.5) is 28.0 Å². The van der Waals surface area contributed by atoms with Gasteiger partial charge < -0.3 is 14.7 Å². The second-order valence-corrected chi connectivity index (χ2v) is 10.8. The van der Waals surface area contributed by atoms with Crippen LogP contribution in [-0.2, 0) is 15.8 Å². The molecule has 2 aromatic rings. The van der Waals surface area contributed by atoms with E-state index in [2.05, 4.69) is 0 Å². The van der Waals surface area contributed by atoms with Gasteiger partial charge in [-0.05, 0) is 61.2 Å². The highest BCUT2D eigenvalue weighted by Gasteiger charge is 2.43. The van der Waals surface area contributed by atoms with Crippen molar-refractivity contribution in [3.8, 4) is 0 Å². The van der Waals surface area contributed by atoms with Gasteiger partial charge in [0.2, 0.25) is 11.8 Å². The summed E-state index contributed by atoms with van der Waals surface area (Å²) < 4.78 is 54.0. The van der Waals surface area contributed by atoms with Gasteiger partial charge in [-0.15, -0.1) is 0 Å². The van der Waals surface area contributed by atoms with Crippen LogP contribution in [0.1, 0.15) is 42.4 Å². The zero-order valence-corrected chi connectivity index (χ0v) is 23.0. The maximum atomic E-state index is 13.7. The van der Waals surface area contributed by atoms with Gasteiger partial charge in [0.15, 0.2) is 0 Å². The van der Waals surface area contributed by atoms with Crippen molar-refractivity contribution in [2.75, 3.05) is 45.2 Å². The largest absolute Gasteiger partial charge is 0.416 e. The first-order valence-electron chi connectivity index (χ1n) is 13.3. The summed E-state index contributed by atoms with van der Waals surface area (Å²) in [5, 5.41) is 0. The van der Waals surface area contributed by atoms with Gasteiger partial charge in [-0.3, -0.25) is 14.5 Å². The lowest BCUT2D eigenvalue weighted by Crippen LogP contribution is -2.48. The Balaban J connectivity index is 1.57. The smallest absolute Gasteiger partial charge is 0.343 e. The number of nitrogens with zero attached hydrogens (tertiary/aromatic N) is 4. The summed E-state index contributed by atoms with van der Waals surface area (Å²) in [4.78, 5) is 44.8. The molecule has 0 N–H and O–H groups in total. The second kappa shape index (κ2) is 11.5. The predicted molar refractivity (Wildman–Crippen MR) is 142 cm³/mol. The predicted octanol–water partition coefficient (Wildman–Crippen LogP) is 4.89. The molecule has 2 saturated heterocycles. The number of anilines is 1. The molecule has 2 atom stereocenters. The van der Waals surface area contributed by atoms with Gasteiger partial charge >= 0.3 is 12.2 Å². The quantitative estimate of drug-likeness (QED) is 0.499. The van der Waals surface area contributed by atoms with Gasteiger partial charge in [0.25, 0.3) is 0 Å². The van der Waals surface area contributed by atoms with Gasteiger partial charge in [-0.1, -0.05) is 12.1 Å². The average molecular weight is 563 g/mol. The molecule has 2 aliphatic rings. The Kier molecular flexibility index (Phi) is 8.41. The molecule has 40 heavy (non-hydrogen) atoms. The molecule has 216 valence electrons. The van der Waals surface area contributed by atoms with Crippen LogP contribution in [0.2, 0.25) is 0 Å². The van der Waals surface area contributed by atoms with Crippen LogP contribution < -0.4 is 4.90 Å². The van der Waals surface area contributed by atoms with Crippen LogP contribution in [0.25, 0.3) is 0 Å². The van der Waals surface area contributed by atoms with Gasteiger partial charge in [-0.25, -0.2) is 9.18 Å². The molecule has 0 spiro atoms. The Morgan fingerprint density at radius 2 is 1.55 bits per heavy atom. The van der Waals surface area contributed by atoms with Gasteiger partial charge in [-0.2, -0.15) is 13.2 Å². The van der Waals surface area contributed by atoms with E-state index < -0.39 is 29.6 Å². The molecule has 0 aliphatic carbocycles. The highest BCUT2D eigenvalue weighted by atomic mass is 19.4. The minimum absolute atomic E-state index is 0.0243.